The molecule has 0 fully saturated rings. The molecule has 1 atom stereocenters. The van der Waals surface area contributed by atoms with E-state index in [9.17, 15) is 17.6 Å². The van der Waals surface area contributed by atoms with Crippen molar-refractivity contribution in [1.29, 1.82) is 0 Å². The number of fused-ring (bicyclic) bond motifs is 1. The van der Waals surface area contributed by atoms with Gasteiger partial charge in [-0.3, -0.25) is 4.99 Å². The van der Waals surface area contributed by atoms with Gasteiger partial charge in [-0.2, -0.15) is 13.2 Å². The lowest BCUT2D eigenvalue weighted by atomic mass is 10.0. The number of nitrogens with one attached hydrogen (secondary N) is 2. The van der Waals surface area contributed by atoms with Gasteiger partial charge in [0.2, 0.25) is 0 Å². The molecule has 5 nitrogen and oxygen atoms in total. The number of halogens is 4. The molecule has 5 rings (SSSR count). The van der Waals surface area contributed by atoms with Gasteiger partial charge in [0.25, 0.3) is 0 Å². The van der Waals surface area contributed by atoms with Gasteiger partial charge in [-0.25, -0.2) is 14.4 Å². The molecule has 0 saturated carbocycles. The van der Waals surface area contributed by atoms with Crippen LogP contribution in [0.25, 0.3) is 11.4 Å². The van der Waals surface area contributed by atoms with Crippen molar-refractivity contribution in [2.24, 2.45) is 4.99 Å². The van der Waals surface area contributed by atoms with E-state index >= 15 is 0 Å². The molecule has 40 heavy (non-hydrogen) atoms. The molecule has 1 aromatic heterocycles. The van der Waals surface area contributed by atoms with Crippen molar-refractivity contribution in [3.8, 4) is 11.4 Å². The average molecular weight is 548 g/mol. The van der Waals surface area contributed by atoms with Gasteiger partial charge >= 0.3 is 6.18 Å². The second-order valence-electron chi connectivity index (χ2n) is 9.67. The molecule has 2 N–H and O–H groups in total. The van der Waals surface area contributed by atoms with Crippen molar-refractivity contribution in [2.45, 2.75) is 45.5 Å². The van der Waals surface area contributed by atoms with E-state index in [1.54, 1.807) is 13.0 Å². The summed E-state index contributed by atoms with van der Waals surface area (Å²) in [7, 11) is 0. The molecular weight excluding hydrogens is 518 g/mol. The number of alkyl halides is 3. The first kappa shape index (κ1) is 27.5. The van der Waals surface area contributed by atoms with Crippen molar-refractivity contribution < 1.29 is 17.6 Å². The van der Waals surface area contributed by atoms with Crippen LogP contribution >= 0.6 is 0 Å². The fourth-order valence-corrected chi connectivity index (χ4v) is 4.93. The van der Waals surface area contributed by atoms with Gasteiger partial charge in [0.1, 0.15) is 17.5 Å². The highest BCUT2D eigenvalue weighted by molar-refractivity contribution is 6.11. The summed E-state index contributed by atoms with van der Waals surface area (Å²) in [5.74, 6) is 0.354. The Kier molecular flexibility index (Phi) is 7.93. The summed E-state index contributed by atoms with van der Waals surface area (Å²) < 4.78 is 55.7. The monoisotopic (exact) mass is 547 g/mol. The number of rotatable bonds is 8. The molecule has 4 aromatic rings. The van der Waals surface area contributed by atoms with Crippen LogP contribution in [-0.2, 0) is 19.1 Å². The first-order chi connectivity index (χ1) is 19.2. The predicted octanol–water partition coefficient (Wildman–Crippen LogP) is 7.27. The van der Waals surface area contributed by atoms with Crippen molar-refractivity contribution in [3.63, 3.8) is 0 Å². The topological polar surface area (TPSA) is 62.2 Å². The summed E-state index contributed by atoms with van der Waals surface area (Å²) >= 11 is 0. The van der Waals surface area contributed by atoms with E-state index in [0.717, 1.165) is 22.8 Å². The molecule has 2 heterocycles. The zero-order valence-electron chi connectivity index (χ0n) is 22.2. The molecule has 1 aliphatic heterocycles. The van der Waals surface area contributed by atoms with E-state index in [0.29, 0.717) is 48.8 Å². The quantitative estimate of drug-likeness (QED) is 0.180. The zero-order valence-corrected chi connectivity index (χ0v) is 22.2. The van der Waals surface area contributed by atoms with E-state index in [2.05, 4.69) is 20.6 Å². The van der Waals surface area contributed by atoms with Crippen LogP contribution in [0.1, 0.15) is 52.9 Å². The second-order valence-corrected chi connectivity index (χ2v) is 9.67. The lowest BCUT2D eigenvalue weighted by molar-refractivity contribution is -0.137. The summed E-state index contributed by atoms with van der Waals surface area (Å²) in [6.07, 6.45) is -3.34. The van der Waals surface area contributed by atoms with Crippen LogP contribution in [0.3, 0.4) is 0 Å². The highest BCUT2D eigenvalue weighted by Crippen LogP contribution is 2.37. The Hall–Kier alpha value is -4.11. The molecule has 0 spiro atoms. The molecule has 0 aliphatic carbocycles. The molecule has 0 saturated heterocycles. The van der Waals surface area contributed by atoms with Crippen molar-refractivity contribution >= 4 is 11.7 Å². The number of aryl methyl sites for hydroxylation is 1. The van der Waals surface area contributed by atoms with Crippen LogP contribution in [0.15, 0.2) is 77.8 Å². The summed E-state index contributed by atoms with van der Waals surface area (Å²) in [6, 6.07) is 19.6. The number of aliphatic imine (C=N–C) groups is 1. The van der Waals surface area contributed by atoms with E-state index < -0.39 is 17.6 Å². The maximum Gasteiger partial charge on any atom is 0.417 e. The second kappa shape index (κ2) is 11.6. The van der Waals surface area contributed by atoms with Gasteiger partial charge in [0.05, 0.1) is 11.6 Å². The molecule has 0 amide bonds. The highest BCUT2D eigenvalue weighted by Gasteiger charge is 2.34. The van der Waals surface area contributed by atoms with Crippen LogP contribution in [-0.4, -0.2) is 22.3 Å². The minimum Gasteiger partial charge on any atom is -0.324 e. The van der Waals surface area contributed by atoms with E-state index in [4.69, 9.17) is 4.99 Å². The van der Waals surface area contributed by atoms with Crippen molar-refractivity contribution in [1.82, 2.24) is 15.3 Å². The molecule has 9 heteroatoms. The molecule has 0 bridgehead atoms. The number of aromatic nitrogens is 2. The van der Waals surface area contributed by atoms with Gasteiger partial charge < -0.3 is 10.6 Å². The van der Waals surface area contributed by atoms with Gasteiger partial charge in [0.15, 0.2) is 5.82 Å². The third-order valence-electron chi connectivity index (χ3n) is 6.95. The van der Waals surface area contributed by atoms with E-state index in [1.165, 1.54) is 30.3 Å². The average Bonchev–Trinajstić information content (AvgIpc) is 3.28. The van der Waals surface area contributed by atoms with Crippen LogP contribution in [0.5, 0.6) is 0 Å². The third-order valence-corrected chi connectivity index (χ3v) is 6.95. The Balaban J connectivity index is 1.51. The first-order valence-corrected chi connectivity index (χ1v) is 13.2. The number of benzene rings is 3. The number of nitrogens with zero attached hydrogens (tertiary/aromatic N) is 3. The fraction of sp³-hybridized carbons (Fsp3) is 0.258. The number of amidine groups is 1. The largest absolute Gasteiger partial charge is 0.417 e. The summed E-state index contributed by atoms with van der Waals surface area (Å²) in [6.45, 7) is 5.01. The zero-order chi connectivity index (χ0) is 28.3. The fourth-order valence-electron chi connectivity index (χ4n) is 4.93. The molecule has 1 aliphatic rings. The van der Waals surface area contributed by atoms with Crippen molar-refractivity contribution in [3.05, 3.63) is 112 Å². The van der Waals surface area contributed by atoms with Gasteiger partial charge in [-0.1, -0.05) is 61.5 Å². The van der Waals surface area contributed by atoms with Crippen LogP contribution in [0.2, 0.25) is 0 Å². The third kappa shape index (κ3) is 5.89. The number of anilines is 1. The van der Waals surface area contributed by atoms with Gasteiger partial charge in [-0.15, -0.1) is 0 Å². The standard InChI is InChI=1S/C31H29F4N5/c1-3-27-23-14-13-21(32)17-25(23)30(38-27)40-28-22(15-16-36-18-20-9-5-4-6-10-20)19(2)37-29(39-28)24-11-7-8-12-26(24)31(33,34)35/h4-14,17,27,36H,3,15-16,18H2,1-2H3,(H,37,38,39,40). The lowest BCUT2D eigenvalue weighted by Crippen LogP contribution is -2.21. The summed E-state index contributed by atoms with van der Waals surface area (Å²) in [5, 5.41) is 6.65. The van der Waals surface area contributed by atoms with Crippen LogP contribution in [0.4, 0.5) is 23.4 Å². The predicted molar refractivity (Wildman–Crippen MR) is 149 cm³/mol. The van der Waals surface area contributed by atoms with Gasteiger partial charge in [0, 0.05) is 28.9 Å². The Labute approximate surface area is 230 Å². The minimum atomic E-state index is -4.57. The normalized spacial score (nSPS) is 14.7. The Morgan fingerprint density at radius 3 is 2.40 bits per heavy atom. The lowest BCUT2D eigenvalue weighted by Gasteiger charge is -2.18. The smallest absolute Gasteiger partial charge is 0.324 e. The Morgan fingerprint density at radius 1 is 0.900 bits per heavy atom. The van der Waals surface area contributed by atoms with Crippen LogP contribution in [0, 0.1) is 12.7 Å². The molecular formula is C31H29F4N5. The molecule has 0 radical (unpaired) electrons. The van der Waals surface area contributed by atoms with Gasteiger partial charge in [-0.05, 0) is 55.6 Å². The molecule has 206 valence electrons. The first-order valence-electron chi connectivity index (χ1n) is 13.2. The SMILES string of the molecule is CCC1N=C(Nc2nc(-c3ccccc3C(F)(F)F)nc(C)c2CCNCc2ccccc2)c2cc(F)ccc21. The maximum absolute atomic E-state index is 14.2. The van der Waals surface area contributed by atoms with Crippen molar-refractivity contribution in [2.75, 3.05) is 11.9 Å². The molecule has 1 unspecified atom stereocenters. The van der Waals surface area contributed by atoms with E-state index in [-0.39, 0.29) is 17.4 Å². The minimum absolute atomic E-state index is 0.0426. The highest BCUT2D eigenvalue weighted by atomic mass is 19.4. The Bertz CT molecular complexity index is 1530. The number of hydrogen-bond donors (Lipinski definition) is 2. The van der Waals surface area contributed by atoms with E-state index in [1.807, 2.05) is 37.3 Å². The summed E-state index contributed by atoms with van der Waals surface area (Å²) in [5.41, 5.74) is 3.03. The summed E-state index contributed by atoms with van der Waals surface area (Å²) in [4.78, 5) is 13.9. The van der Waals surface area contributed by atoms with Crippen LogP contribution < -0.4 is 10.6 Å². The maximum atomic E-state index is 14.2. The Morgan fingerprint density at radius 2 is 1.65 bits per heavy atom. The number of hydrogen-bond acceptors (Lipinski definition) is 5. The molecule has 3 aromatic carbocycles.